The quantitative estimate of drug-likeness (QED) is 0.607. The molecule has 0 bridgehead atoms. The van der Waals surface area contributed by atoms with Gasteiger partial charge in [-0.05, 0) is 32.3 Å². The number of aryl methyl sites for hydroxylation is 1. The number of anilines is 1. The smallest absolute Gasteiger partial charge is 0.348 e. The van der Waals surface area contributed by atoms with E-state index in [0.29, 0.717) is 35.7 Å². The molecule has 2 aromatic heterocycles. The van der Waals surface area contributed by atoms with Crippen molar-refractivity contribution in [3.63, 3.8) is 0 Å². The summed E-state index contributed by atoms with van der Waals surface area (Å²) in [5.74, 6) is 0.539. The van der Waals surface area contributed by atoms with Crippen LogP contribution in [0.5, 0.6) is 0 Å². The Bertz CT molecular complexity index is 999. The minimum absolute atomic E-state index is 0.129. The molecule has 0 aliphatic heterocycles. The van der Waals surface area contributed by atoms with Gasteiger partial charge in [-0.2, -0.15) is 0 Å². The van der Waals surface area contributed by atoms with Gasteiger partial charge >= 0.3 is 5.69 Å². The molecule has 1 atom stereocenters. The number of benzene rings is 1. The molecule has 0 saturated carbocycles. The fraction of sp³-hybridized carbons (Fsp3) is 0.476. The Hall–Kier alpha value is -2.67. The second-order valence-corrected chi connectivity index (χ2v) is 8.47. The lowest BCUT2D eigenvalue weighted by Gasteiger charge is -2.26. The first-order valence-corrected chi connectivity index (χ1v) is 9.68. The zero-order valence-electron chi connectivity index (χ0n) is 17.2. The first-order valence-electron chi connectivity index (χ1n) is 9.68. The van der Waals surface area contributed by atoms with Crippen LogP contribution in [0, 0.1) is 0 Å². The average Bonchev–Trinajstić information content (AvgIpc) is 3.01. The molecule has 3 N–H and O–H groups in total. The van der Waals surface area contributed by atoms with Gasteiger partial charge in [0.15, 0.2) is 5.82 Å². The van der Waals surface area contributed by atoms with Gasteiger partial charge in [0.25, 0.3) is 0 Å². The van der Waals surface area contributed by atoms with Crippen LogP contribution in [0.25, 0.3) is 5.65 Å². The van der Waals surface area contributed by atoms with Gasteiger partial charge in [0.2, 0.25) is 5.65 Å². The van der Waals surface area contributed by atoms with Gasteiger partial charge in [-0.1, -0.05) is 51.1 Å². The van der Waals surface area contributed by atoms with Crippen molar-refractivity contribution in [3.05, 3.63) is 57.8 Å². The molecule has 28 heavy (non-hydrogen) atoms. The molecule has 3 rings (SSSR count). The number of aromatic amines is 1. The molecule has 0 radical (unpaired) electrons. The molecular weight excluding hydrogens is 354 g/mol. The molecule has 0 amide bonds. The molecule has 0 fully saturated rings. The van der Waals surface area contributed by atoms with E-state index >= 15 is 0 Å². The second kappa shape index (κ2) is 7.75. The Morgan fingerprint density at radius 3 is 2.50 bits per heavy atom. The first kappa shape index (κ1) is 20.1. The molecule has 0 spiro atoms. The van der Waals surface area contributed by atoms with Crippen LogP contribution in [0.2, 0.25) is 0 Å². The fourth-order valence-corrected chi connectivity index (χ4v) is 3.32. The van der Waals surface area contributed by atoms with Crippen molar-refractivity contribution >= 4 is 11.5 Å². The standard InChI is InChI=1S/C21H29N5O2/c1-13(2)22-18-19-24-25-20(28)26(19)16(17(23-18)21(3,4)5)15(27)12-11-14-9-7-6-8-10-14/h6-10,13,15,27H,11-12H2,1-5H3,(H,22,23)(H,25,28). The summed E-state index contributed by atoms with van der Waals surface area (Å²) in [6.45, 7) is 10.1. The highest BCUT2D eigenvalue weighted by atomic mass is 16.3. The molecule has 0 saturated heterocycles. The minimum Gasteiger partial charge on any atom is -0.387 e. The summed E-state index contributed by atoms with van der Waals surface area (Å²) in [6, 6.07) is 10.1. The zero-order chi connectivity index (χ0) is 20.5. The topological polar surface area (TPSA) is 95.3 Å². The average molecular weight is 383 g/mol. The van der Waals surface area contributed by atoms with Crippen LogP contribution in [0.1, 0.15) is 64.1 Å². The normalized spacial score (nSPS) is 13.2. The van der Waals surface area contributed by atoms with E-state index in [2.05, 4.69) is 15.5 Å². The van der Waals surface area contributed by atoms with E-state index in [1.165, 1.54) is 4.40 Å². The Kier molecular flexibility index (Phi) is 5.56. The van der Waals surface area contributed by atoms with Crippen LogP contribution in [-0.4, -0.2) is 30.7 Å². The molecule has 1 unspecified atom stereocenters. The van der Waals surface area contributed by atoms with E-state index in [0.717, 1.165) is 5.56 Å². The SMILES string of the molecule is CC(C)Nc1nc(C(C)(C)C)c(C(O)CCc2ccccc2)n2c(=O)[nH]nc12. The zero-order valence-corrected chi connectivity index (χ0v) is 17.2. The Morgan fingerprint density at radius 2 is 1.89 bits per heavy atom. The third kappa shape index (κ3) is 4.09. The molecule has 1 aromatic carbocycles. The van der Waals surface area contributed by atoms with Gasteiger partial charge in [0, 0.05) is 11.5 Å². The van der Waals surface area contributed by atoms with Crippen molar-refractivity contribution in [3.8, 4) is 0 Å². The monoisotopic (exact) mass is 383 g/mol. The van der Waals surface area contributed by atoms with E-state index in [-0.39, 0.29) is 17.1 Å². The van der Waals surface area contributed by atoms with Crippen LogP contribution < -0.4 is 11.0 Å². The van der Waals surface area contributed by atoms with Crippen molar-refractivity contribution < 1.29 is 5.11 Å². The first-order chi connectivity index (χ1) is 13.2. The summed E-state index contributed by atoms with van der Waals surface area (Å²) in [7, 11) is 0. The van der Waals surface area contributed by atoms with Crippen molar-refractivity contribution in [1.29, 1.82) is 0 Å². The number of aliphatic hydroxyl groups is 1. The molecule has 3 aromatic rings. The number of rotatable bonds is 6. The third-order valence-corrected chi connectivity index (χ3v) is 4.59. The summed E-state index contributed by atoms with van der Waals surface area (Å²) >= 11 is 0. The summed E-state index contributed by atoms with van der Waals surface area (Å²) in [5.41, 5.74) is 2.00. The van der Waals surface area contributed by atoms with Gasteiger partial charge in [-0.25, -0.2) is 19.3 Å². The summed E-state index contributed by atoms with van der Waals surface area (Å²) in [4.78, 5) is 17.4. The summed E-state index contributed by atoms with van der Waals surface area (Å²) < 4.78 is 1.47. The fourth-order valence-electron chi connectivity index (χ4n) is 3.32. The lowest BCUT2D eigenvalue weighted by Crippen LogP contribution is -2.27. The number of hydrogen-bond donors (Lipinski definition) is 3. The number of nitrogens with one attached hydrogen (secondary N) is 2. The Balaban J connectivity index is 2.11. The van der Waals surface area contributed by atoms with Crippen molar-refractivity contribution in [2.24, 2.45) is 0 Å². The minimum atomic E-state index is -0.840. The number of aliphatic hydroxyl groups excluding tert-OH is 1. The van der Waals surface area contributed by atoms with Crippen LogP contribution in [0.4, 0.5) is 5.82 Å². The summed E-state index contributed by atoms with van der Waals surface area (Å²) in [6.07, 6.45) is 0.345. The molecular formula is C21H29N5O2. The number of H-pyrrole nitrogens is 1. The molecule has 7 nitrogen and oxygen atoms in total. The van der Waals surface area contributed by atoms with Gasteiger partial charge in [-0.15, -0.1) is 5.10 Å². The Morgan fingerprint density at radius 1 is 1.21 bits per heavy atom. The third-order valence-electron chi connectivity index (χ3n) is 4.59. The van der Waals surface area contributed by atoms with E-state index in [4.69, 9.17) is 4.98 Å². The maximum atomic E-state index is 12.6. The van der Waals surface area contributed by atoms with E-state index in [9.17, 15) is 9.90 Å². The van der Waals surface area contributed by atoms with Gasteiger partial charge in [0.05, 0.1) is 17.5 Å². The molecule has 7 heteroatoms. The lowest BCUT2D eigenvalue weighted by molar-refractivity contribution is 0.158. The second-order valence-electron chi connectivity index (χ2n) is 8.47. The van der Waals surface area contributed by atoms with Gasteiger partial charge in [-0.3, -0.25) is 0 Å². The van der Waals surface area contributed by atoms with Crippen LogP contribution in [0.3, 0.4) is 0 Å². The maximum Gasteiger partial charge on any atom is 0.348 e. The molecule has 0 aliphatic carbocycles. The number of fused-ring (bicyclic) bond motifs is 1. The molecule has 2 heterocycles. The van der Waals surface area contributed by atoms with Gasteiger partial charge < -0.3 is 10.4 Å². The van der Waals surface area contributed by atoms with Crippen molar-refractivity contribution in [1.82, 2.24) is 19.6 Å². The highest BCUT2D eigenvalue weighted by molar-refractivity contribution is 5.64. The predicted octanol–water partition coefficient (Wildman–Crippen LogP) is 3.20. The van der Waals surface area contributed by atoms with E-state index in [1.807, 2.05) is 65.0 Å². The number of aromatic nitrogens is 4. The highest BCUT2D eigenvalue weighted by Crippen LogP contribution is 2.32. The molecule has 0 aliphatic rings. The number of hydrogen-bond acceptors (Lipinski definition) is 5. The van der Waals surface area contributed by atoms with Crippen molar-refractivity contribution in [2.45, 2.75) is 65.0 Å². The van der Waals surface area contributed by atoms with Gasteiger partial charge in [0.1, 0.15) is 0 Å². The maximum absolute atomic E-state index is 12.6. The van der Waals surface area contributed by atoms with E-state index in [1.54, 1.807) is 0 Å². The highest BCUT2D eigenvalue weighted by Gasteiger charge is 2.29. The van der Waals surface area contributed by atoms with Crippen LogP contribution >= 0.6 is 0 Å². The largest absolute Gasteiger partial charge is 0.387 e. The molecule has 150 valence electrons. The van der Waals surface area contributed by atoms with Crippen molar-refractivity contribution in [2.75, 3.05) is 5.32 Å². The Labute approximate surface area is 164 Å². The number of nitrogens with zero attached hydrogens (tertiary/aromatic N) is 3. The lowest BCUT2D eigenvalue weighted by atomic mass is 9.88. The van der Waals surface area contributed by atoms with Crippen LogP contribution in [-0.2, 0) is 11.8 Å². The van der Waals surface area contributed by atoms with E-state index < -0.39 is 6.10 Å². The predicted molar refractivity (Wildman–Crippen MR) is 111 cm³/mol. The van der Waals surface area contributed by atoms with Crippen LogP contribution in [0.15, 0.2) is 35.1 Å². The summed E-state index contributed by atoms with van der Waals surface area (Å²) in [5, 5.41) is 21.0.